The molecule has 0 amide bonds. The lowest BCUT2D eigenvalue weighted by atomic mass is 10.3. The van der Waals surface area contributed by atoms with E-state index < -0.39 is 0 Å². The second-order valence-electron chi connectivity index (χ2n) is 3.29. The third kappa shape index (κ3) is 2.76. The molecule has 1 heterocycles. The third-order valence-electron chi connectivity index (χ3n) is 2.23. The molecule has 82 valence electrons. The smallest absolute Gasteiger partial charge is 0.119 e. The fraction of sp³-hybridized carbons (Fsp3) is 0.154. The molecule has 0 unspecified atom stereocenters. The van der Waals surface area contributed by atoms with Crippen molar-refractivity contribution in [3.05, 3.63) is 54.4 Å². The second-order valence-corrected chi connectivity index (χ2v) is 4.14. The number of pyridine rings is 1. The van der Waals surface area contributed by atoms with Crippen LogP contribution in [0.15, 0.2) is 53.7 Å². The van der Waals surface area contributed by atoms with E-state index in [1.807, 2.05) is 48.9 Å². The van der Waals surface area contributed by atoms with Crippen molar-refractivity contribution in [2.45, 2.75) is 11.5 Å². The molecule has 0 saturated carbocycles. The fourth-order valence-corrected chi connectivity index (χ4v) is 1.95. The summed E-state index contributed by atoms with van der Waals surface area (Å²) in [4.78, 5) is 5.26. The molecule has 0 atom stereocenters. The highest BCUT2D eigenvalue weighted by molar-refractivity contribution is 7.98. The maximum atomic E-state index is 5.69. The van der Waals surface area contributed by atoms with E-state index in [-0.39, 0.29) is 0 Å². The number of aromatic nitrogens is 1. The summed E-state index contributed by atoms with van der Waals surface area (Å²) < 4.78 is 5.69. The van der Waals surface area contributed by atoms with Crippen LogP contribution in [0.4, 0.5) is 0 Å². The minimum atomic E-state index is 0.586. The van der Waals surface area contributed by atoms with Gasteiger partial charge in [0.05, 0.1) is 0 Å². The number of thioether (sulfide) groups is 1. The number of hydrogen-bond acceptors (Lipinski definition) is 3. The van der Waals surface area contributed by atoms with Gasteiger partial charge in [-0.05, 0) is 24.5 Å². The molecule has 0 aliphatic heterocycles. The SMILES string of the molecule is CSc1cnccc1COc1ccccc1. The molecule has 0 saturated heterocycles. The van der Waals surface area contributed by atoms with Gasteiger partial charge in [0.15, 0.2) is 0 Å². The molecule has 0 N–H and O–H groups in total. The van der Waals surface area contributed by atoms with Crippen LogP contribution in [0, 0.1) is 0 Å². The Kier molecular flexibility index (Phi) is 3.83. The van der Waals surface area contributed by atoms with Crippen molar-refractivity contribution in [1.29, 1.82) is 0 Å². The molecular formula is C13H13NOS. The Balaban J connectivity index is 2.05. The molecule has 0 radical (unpaired) electrons. The molecule has 2 rings (SSSR count). The summed E-state index contributed by atoms with van der Waals surface area (Å²) >= 11 is 1.69. The predicted octanol–water partition coefficient (Wildman–Crippen LogP) is 3.38. The van der Waals surface area contributed by atoms with Gasteiger partial charge in [-0.15, -0.1) is 11.8 Å². The molecule has 3 heteroatoms. The van der Waals surface area contributed by atoms with E-state index in [1.54, 1.807) is 18.0 Å². The third-order valence-corrected chi connectivity index (χ3v) is 3.03. The van der Waals surface area contributed by atoms with Gasteiger partial charge in [0.1, 0.15) is 12.4 Å². The number of benzene rings is 1. The van der Waals surface area contributed by atoms with Crippen LogP contribution in [-0.4, -0.2) is 11.2 Å². The molecule has 0 spiro atoms. The van der Waals surface area contributed by atoms with Crippen molar-refractivity contribution in [2.75, 3.05) is 6.26 Å². The average molecular weight is 231 g/mol. The Bertz CT molecular complexity index is 445. The quantitative estimate of drug-likeness (QED) is 0.753. The normalized spacial score (nSPS) is 10.1. The zero-order valence-electron chi connectivity index (χ0n) is 9.09. The van der Waals surface area contributed by atoms with Crippen molar-refractivity contribution in [3.63, 3.8) is 0 Å². The Morgan fingerprint density at radius 3 is 2.75 bits per heavy atom. The lowest BCUT2D eigenvalue weighted by Gasteiger charge is -2.08. The number of rotatable bonds is 4. The van der Waals surface area contributed by atoms with Gasteiger partial charge < -0.3 is 4.74 Å². The number of para-hydroxylation sites is 1. The number of ether oxygens (including phenoxy) is 1. The molecule has 1 aromatic carbocycles. The lowest BCUT2D eigenvalue weighted by molar-refractivity contribution is 0.303. The zero-order chi connectivity index (χ0) is 11.2. The van der Waals surface area contributed by atoms with Gasteiger partial charge in [0.25, 0.3) is 0 Å². The minimum Gasteiger partial charge on any atom is -0.489 e. The Hall–Kier alpha value is -1.48. The minimum absolute atomic E-state index is 0.586. The Labute approximate surface area is 99.7 Å². The van der Waals surface area contributed by atoms with Crippen LogP contribution in [0.1, 0.15) is 5.56 Å². The van der Waals surface area contributed by atoms with Crippen LogP contribution in [0.3, 0.4) is 0 Å². The first kappa shape index (κ1) is 11.0. The fourth-order valence-electron chi connectivity index (χ4n) is 1.39. The lowest BCUT2D eigenvalue weighted by Crippen LogP contribution is -1.97. The van der Waals surface area contributed by atoms with Crippen LogP contribution in [0.2, 0.25) is 0 Å². The van der Waals surface area contributed by atoms with E-state index in [2.05, 4.69) is 4.98 Å². The summed E-state index contributed by atoms with van der Waals surface area (Å²) in [6.45, 7) is 0.586. The molecule has 2 nitrogen and oxygen atoms in total. The summed E-state index contributed by atoms with van der Waals surface area (Å²) in [6.07, 6.45) is 5.71. The highest BCUT2D eigenvalue weighted by atomic mass is 32.2. The second kappa shape index (κ2) is 5.56. The molecular weight excluding hydrogens is 218 g/mol. The van der Waals surface area contributed by atoms with E-state index in [1.165, 1.54) is 10.5 Å². The van der Waals surface area contributed by atoms with Gasteiger partial charge in [-0.25, -0.2) is 0 Å². The summed E-state index contributed by atoms with van der Waals surface area (Å²) in [6, 6.07) is 11.8. The van der Waals surface area contributed by atoms with Crippen LogP contribution < -0.4 is 4.74 Å². The van der Waals surface area contributed by atoms with Gasteiger partial charge in [-0.3, -0.25) is 4.98 Å². The van der Waals surface area contributed by atoms with E-state index in [0.29, 0.717) is 6.61 Å². The highest BCUT2D eigenvalue weighted by Gasteiger charge is 2.01. The number of nitrogens with zero attached hydrogens (tertiary/aromatic N) is 1. The zero-order valence-corrected chi connectivity index (χ0v) is 9.91. The molecule has 2 aromatic rings. The van der Waals surface area contributed by atoms with E-state index in [4.69, 9.17) is 4.74 Å². The molecule has 16 heavy (non-hydrogen) atoms. The van der Waals surface area contributed by atoms with Crippen molar-refractivity contribution < 1.29 is 4.74 Å². The van der Waals surface area contributed by atoms with E-state index in [0.717, 1.165) is 5.75 Å². The first-order valence-corrected chi connectivity index (χ1v) is 6.27. The summed E-state index contributed by atoms with van der Waals surface area (Å²) in [7, 11) is 0. The Morgan fingerprint density at radius 1 is 1.19 bits per heavy atom. The van der Waals surface area contributed by atoms with Gasteiger partial charge >= 0.3 is 0 Å². The molecule has 1 aromatic heterocycles. The van der Waals surface area contributed by atoms with Crippen molar-refractivity contribution in [1.82, 2.24) is 4.98 Å². The van der Waals surface area contributed by atoms with Crippen molar-refractivity contribution >= 4 is 11.8 Å². The van der Waals surface area contributed by atoms with Gasteiger partial charge in [0.2, 0.25) is 0 Å². The molecule has 0 fully saturated rings. The van der Waals surface area contributed by atoms with Crippen LogP contribution >= 0.6 is 11.8 Å². The monoisotopic (exact) mass is 231 g/mol. The first-order valence-electron chi connectivity index (χ1n) is 5.05. The maximum Gasteiger partial charge on any atom is 0.119 e. The molecule has 0 aliphatic rings. The van der Waals surface area contributed by atoms with E-state index in [9.17, 15) is 0 Å². The van der Waals surface area contributed by atoms with Crippen molar-refractivity contribution in [3.8, 4) is 5.75 Å². The first-order chi connectivity index (χ1) is 7.90. The summed E-state index contributed by atoms with van der Waals surface area (Å²) in [5.74, 6) is 0.895. The predicted molar refractivity (Wildman–Crippen MR) is 66.8 cm³/mol. The Morgan fingerprint density at radius 2 is 2.00 bits per heavy atom. The maximum absolute atomic E-state index is 5.69. The van der Waals surface area contributed by atoms with Gasteiger partial charge in [-0.2, -0.15) is 0 Å². The van der Waals surface area contributed by atoms with Crippen molar-refractivity contribution in [2.24, 2.45) is 0 Å². The van der Waals surface area contributed by atoms with Crippen LogP contribution in [0.5, 0.6) is 5.75 Å². The molecule has 0 bridgehead atoms. The largest absolute Gasteiger partial charge is 0.489 e. The standard InChI is InChI=1S/C13H13NOS/c1-16-13-9-14-8-7-11(13)10-15-12-5-3-2-4-6-12/h2-9H,10H2,1H3. The van der Waals surface area contributed by atoms with Crippen LogP contribution in [-0.2, 0) is 6.61 Å². The highest BCUT2D eigenvalue weighted by Crippen LogP contribution is 2.20. The summed E-state index contributed by atoms with van der Waals surface area (Å²) in [5, 5.41) is 0. The summed E-state index contributed by atoms with van der Waals surface area (Å²) in [5.41, 5.74) is 1.17. The average Bonchev–Trinajstić information content (AvgIpc) is 2.38. The molecule has 0 aliphatic carbocycles. The van der Waals surface area contributed by atoms with Gasteiger partial charge in [-0.1, -0.05) is 18.2 Å². The van der Waals surface area contributed by atoms with Gasteiger partial charge in [0, 0.05) is 22.9 Å². The number of hydrogen-bond donors (Lipinski definition) is 0. The van der Waals surface area contributed by atoms with Crippen LogP contribution in [0.25, 0.3) is 0 Å². The topological polar surface area (TPSA) is 22.1 Å². The van der Waals surface area contributed by atoms with E-state index >= 15 is 0 Å².